The van der Waals surface area contributed by atoms with Gasteiger partial charge in [-0.15, -0.1) is 0 Å². The van der Waals surface area contributed by atoms with E-state index in [9.17, 15) is 4.79 Å². The number of ether oxygens (including phenoxy) is 1. The number of hydrogen-bond donors (Lipinski definition) is 1. The third-order valence-electron chi connectivity index (χ3n) is 2.98. The van der Waals surface area contributed by atoms with Gasteiger partial charge in [-0.3, -0.25) is 4.79 Å². The molecule has 2 aromatic rings. The van der Waals surface area contributed by atoms with Gasteiger partial charge in [-0.05, 0) is 36.8 Å². The highest BCUT2D eigenvalue weighted by atomic mass is 35.5. The molecule has 120 valence electrons. The SMILES string of the molecule is CCCOc1ccccc1/C=C/C(=O)Nc1ccc(Cl)cc1Cl. The summed E-state index contributed by atoms with van der Waals surface area (Å²) >= 11 is 11.9. The summed E-state index contributed by atoms with van der Waals surface area (Å²) < 4.78 is 5.65. The number of rotatable bonds is 6. The molecule has 0 atom stereocenters. The maximum Gasteiger partial charge on any atom is 0.248 e. The highest BCUT2D eigenvalue weighted by molar-refractivity contribution is 6.36. The average Bonchev–Trinajstić information content (AvgIpc) is 2.54. The Kier molecular flexibility index (Phi) is 6.51. The smallest absolute Gasteiger partial charge is 0.248 e. The van der Waals surface area contributed by atoms with Crippen LogP contribution < -0.4 is 10.1 Å². The fourth-order valence-electron chi connectivity index (χ4n) is 1.89. The zero-order valence-corrected chi connectivity index (χ0v) is 14.2. The fourth-order valence-corrected chi connectivity index (χ4v) is 2.35. The van der Waals surface area contributed by atoms with Crippen molar-refractivity contribution in [3.63, 3.8) is 0 Å². The van der Waals surface area contributed by atoms with Crippen LogP contribution in [-0.4, -0.2) is 12.5 Å². The molecule has 2 aromatic carbocycles. The Morgan fingerprint density at radius 2 is 2.00 bits per heavy atom. The van der Waals surface area contributed by atoms with Crippen LogP contribution in [0.25, 0.3) is 6.08 Å². The third kappa shape index (κ3) is 5.31. The summed E-state index contributed by atoms with van der Waals surface area (Å²) in [6.45, 7) is 2.68. The number of carbonyl (C=O) groups is 1. The van der Waals surface area contributed by atoms with Crippen LogP contribution in [0, 0.1) is 0 Å². The number of hydrogen-bond acceptors (Lipinski definition) is 2. The van der Waals surface area contributed by atoms with Gasteiger partial charge in [0.05, 0.1) is 17.3 Å². The summed E-state index contributed by atoms with van der Waals surface area (Å²) in [5.41, 5.74) is 1.36. The Morgan fingerprint density at radius 3 is 2.74 bits per heavy atom. The molecular formula is C18H17Cl2NO2. The third-order valence-corrected chi connectivity index (χ3v) is 3.53. The van der Waals surface area contributed by atoms with E-state index >= 15 is 0 Å². The lowest BCUT2D eigenvalue weighted by Crippen LogP contribution is -2.08. The summed E-state index contributed by atoms with van der Waals surface area (Å²) in [5.74, 6) is 0.474. The first-order valence-corrected chi connectivity index (χ1v) is 8.01. The molecule has 0 unspecified atom stereocenters. The standard InChI is InChI=1S/C18H17Cl2NO2/c1-2-11-23-17-6-4-3-5-13(17)7-10-18(22)21-16-9-8-14(19)12-15(16)20/h3-10,12H,2,11H2,1H3,(H,21,22)/b10-7+. The van der Waals surface area contributed by atoms with E-state index in [1.165, 1.54) is 6.08 Å². The van der Waals surface area contributed by atoms with Crippen molar-refractivity contribution in [3.8, 4) is 5.75 Å². The Balaban J connectivity index is 2.06. The summed E-state index contributed by atoms with van der Waals surface area (Å²) in [5, 5.41) is 3.63. The lowest BCUT2D eigenvalue weighted by Gasteiger charge is -2.08. The highest BCUT2D eigenvalue weighted by Crippen LogP contribution is 2.25. The number of carbonyl (C=O) groups excluding carboxylic acids is 1. The molecule has 3 nitrogen and oxygen atoms in total. The monoisotopic (exact) mass is 349 g/mol. The highest BCUT2D eigenvalue weighted by Gasteiger charge is 2.05. The van der Waals surface area contributed by atoms with Crippen LogP contribution in [-0.2, 0) is 4.79 Å². The number of anilines is 1. The van der Waals surface area contributed by atoms with Gasteiger partial charge >= 0.3 is 0 Å². The van der Waals surface area contributed by atoms with E-state index in [0.717, 1.165) is 17.7 Å². The molecule has 0 fully saturated rings. The molecule has 5 heteroatoms. The minimum absolute atomic E-state index is 0.278. The molecule has 1 N–H and O–H groups in total. The average molecular weight is 350 g/mol. The molecule has 2 rings (SSSR count). The van der Waals surface area contributed by atoms with Gasteiger partial charge in [-0.25, -0.2) is 0 Å². The molecule has 0 aliphatic rings. The van der Waals surface area contributed by atoms with E-state index in [-0.39, 0.29) is 5.91 Å². The van der Waals surface area contributed by atoms with Crippen LogP contribution in [0.15, 0.2) is 48.5 Å². The second kappa shape index (κ2) is 8.61. The van der Waals surface area contributed by atoms with Crippen molar-refractivity contribution in [2.75, 3.05) is 11.9 Å². The Labute approximate surface area is 145 Å². The Bertz CT molecular complexity index is 714. The van der Waals surface area contributed by atoms with Crippen molar-refractivity contribution in [1.29, 1.82) is 0 Å². The first kappa shape index (κ1) is 17.4. The van der Waals surface area contributed by atoms with Crippen LogP contribution in [0.3, 0.4) is 0 Å². The lowest BCUT2D eigenvalue weighted by molar-refractivity contribution is -0.111. The van der Waals surface area contributed by atoms with Gasteiger partial charge in [-0.2, -0.15) is 0 Å². The molecule has 23 heavy (non-hydrogen) atoms. The molecule has 0 radical (unpaired) electrons. The van der Waals surface area contributed by atoms with E-state index in [0.29, 0.717) is 22.3 Å². The predicted molar refractivity (Wildman–Crippen MR) is 96.4 cm³/mol. The van der Waals surface area contributed by atoms with Crippen LogP contribution >= 0.6 is 23.2 Å². The largest absolute Gasteiger partial charge is 0.493 e. The Hall–Kier alpha value is -1.97. The number of benzene rings is 2. The number of halogens is 2. The van der Waals surface area contributed by atoms with E-state index in [1.807, 2.05) is 31.2 Å². The maximum absolute atomic E-state index is 12.0. The molecular weight excluding hydrogens is 333 g/mol. The van der Waals surface area contributed by atoms with Crippen molar-refractivity contribution in [1.82, 2.24) is 0 Å². The molecule has 0 spiro atoms. The number of nitrogens with one attached hydrogen (secondary N) is 1. The van der Waals surface area contributed by atoms with Crippen LogP contribution in [0.2, 0.25) is 10.0 Å². The van der Waals surface area contributed by atoms with Gasteiger partial charge < -0.3 is 10.1 Å². The molecule has 0 saturated heterocycles. The van der Waals surface area contributed by atoms with Gasteiger partial charge in [0.15, 0.2) is 0 Å². The van der Waals surface area contributed by atoms with Crippen molar-refractivity contribution >= 4 is 40.9 Å². The lowest BCUT2D eigenvalue weighted by atomic mass is 10.2. The van der Waals surface area contributed by atoms with Crippen LogP contribution in [0.1, 0.15) is 18.9 Å². The van der Waals surface area contributed by atoms with E-state index in [4.69, 9.17) is 27.9 Å². The van der Waals surface area contributed by atoms with Crippen LogP contribution in [0.4, 0.5) is 5.69 Å². The molecule has 0 aliphatic heterocycles. The first-order chi connectivity index (χ1) is 11.1. The van der Waals surface area contributed by atoms with Gasteiger partial charge in [0, 0.05) is 16.7 Å². The summed E-state index contributed by atoms with van der Waals surface area (Å²) in [6, 6.07) is 12.5. The fraction of sp³-hybridized carbons (Fsp3) is 0.167. The number of para-hydroxylation sites is 1. The van der Waals surface area contributed by atoms with E-state index in [1.54, 1.807) is 24.3 Å². The van der Waals surface area contributed by atoms with E-state index < -0.39 is 0 Å². The molecule has 0 heterocycles. The van der Waals surface area contributed by atoms with Gasteiger partial charge in [0.2, 0.25) is 5.91 Å². The Morgan fingerprint density at radius 1 is 1.22 bits per heavy atom. The molecule has 1 amide bonds. The summed E-state index contributed by atoms with van der Waals surface area (Å²) in [6.07, 6.45) is 4.08. The van der Waals surface area contributed by atoms with Crippen molar-refractivity contribution in [2.45, 2.75) is 13.3 Å². The van der Waals surface area contributed by atoms with Crippen molar-refractivity contribution in [3.05, 3.63) is 64.1 Å². The normalized spacial score (nSPS) is 10.7. The topological polar surface area (TPSA) is 38.3 Å². The molecule has 0 bridgehead atoms. The zero-order chi connectivity index (χ0) is 16.7. The summed E-state index contributed by atoms with van der Waals surface area (Å²) in [4.78, 5) is 12.0. The quantitative estimate of drug-likeness (QED) is 0.705. The van der Waals surface area contributed by atoms with E-state index in [2.05, 4.69) is 5.32 Å². The molecule has 0 aliphatic carbocycles. The first-order valence-electron chi connectivity index (χ1n) is 7.26. The maximum atomic E-state index is 12.0. The van der Waals surface area contributed by atoms with Crippen molar-refractivity contribution in [2.24, 2.45) is 0 Å². The summed E-state index contributed by atoms with van der Waals surface area (Å²) in [7, 11) is 0. The zero-order valence-electron chi connectivity index (χ0n) is 12.7. The van der Waals surface area contributed by atoms with Crippen LogP contribution in [0.5, 0.6) is 5.75 Å². The van der Waals surface area contributed by atoms with Gasteiger partial charge in [0.1, 0.15) is 5.75 Å². The minimum atomic E-state index is -0.278. The van der Waals surface area contributed by atoms with Crippen molar-refractivity contribution < 1.29 is 9.53 Å². The predicted octanol–water partition coefficient (Wildman–Crippen LogP) is 5.43. The number of amides is 1. The second-order valence-electron chi connectivity index (χ2n) is 4.83. The van der Waals surface area contributed by atoms with Gasteiger partial charge in [-0.1, -0.05) is 48.3 Å². The minimum Gasteiger partial charge on any atom is -0.493 e. The second-order valence-corrected chi connectivity index (χ2v) is 5.68. The molecule has 0 aromatic heterocycles. The van der Waals surface area contributed by atoms with Gasteiger partial charge in [0.25, 0.3) is 0 Å². The molecule has 0 saturated carbocycles.